The van der Waals surface area contributed by atoms with E-state index < -0.39 is 0 Å². The summed E-state index contributed by atoms with van der Waals surface area (Å²) in [4.78, 5) is 0. The first-order valence-electron chi connectivity index (χ1n) is 3.17. The molecule has 0 heterocycles. The first-order valence-corrected chi connectivity index (χ1v) is 3.17. The van der Waals surface area contributed by atoms with Crippen molar-refractivity contribution in [1.29, 1.82) is 0 Å². The van der Waals surface area contributed by atoms with Crippen molar-refractivity contribution in [3.63, 3.8) is 0 Å². The minimum absolute atomic E-state index is 0.907. The van der Waals surface area contributed by atoms with Crippen LogP contribution >= 0.6 is 0 Å². The molecule has 0 atom stereocenters. The van der Waals surface area contributed by atoms with Gasteiger partial charge in [0.2, 0.25) is 0 Å². The molecule has 8 heavy (non-hydrogen) atoms. The van der Waals surface area contributed by atoms with Gasteiger partial charge in [0.05, 0.1) is 6.54 Å². The predicted octanol–water partition coefficient (Wildman–Crippen LogP) is 2.26. The van der Waals surface area contributed by atoms with Crippen LogP contribution in [0.3, 0.4) is 0 Å². The minimum atomic E-state index is 0.907. The first kappa shape index (κ1) is 7.60. The average molecular weight is 114 g/mol. The lowest BCUT2D eigenvalue weighted by molar-refractivity contribution is 0.710. The highest BCUT2D eigenvalue weighted by Gasteiger charge is 1.79. The van der Waals surface area contributed by atoms with Crippen molar-refractivity contribution >= 4 is 0 Å². The van der Waals surface area contributed by atoms with Gasteiger partial charge in [-0.3, -0.25) is 0 Å². The minimum Gasteiger partial charge on any atom is -0.198 e. The Kier molecular flexibility index (Phi) is 6.27. The molecular weight excluding hydrogens is 100 g/mol. The van der Waals surface area contributed by atoms with Crippen molar-refractivity contribution in [3.05, 3.63) is 0 Å². The molecule has 0 aromatic heterocycles. The van der Waals surface area contributed by atoms with Crippen LogP contribution in [-0.4, -0.2) is 13.6 Å². The number of azo groups is 1. The largest absolute Gasteiger partial charge is 0.198 e. The molecule has 0 aliphatic carbocycles. The maximum Gasteiger partial charge on any atom is 0.0598 e. The van der Waals surface area contributed by atoms with Crippen molar-refractivity contribution in [2.45, 2.75) is 26.2 Å². The highest BCUT2D eigenvalue weighted by atomic mass is 15.1. The topological polar surface area (TPSA) is 24.7 Å². The summed E-state index contributed by atoms with van der Waals surface area (Å²) < 4.78 is 0. The molecule has 0 N–H and O–H groups in total. The molecule has 0 bridgehead atoms. The van der Waals surface area contributed by atoms with Gasteiger partial charge in [0.1, 0.15) is 0 Å². The van der Waals surface area contributed by atoms with Gasteiger partial charge < -0.3 is 0 Å². The van der Waals surface area contributed by atoms with Gasteiger partial charge in [-0.15, -0.1) is 0 Å². The van der Waals surface area contributed by atoms with E-state index in [0.29, 0.717) is 0 Å². The molecule has 2 heteroatoms. The van der Waals surface area contributed by atoms with E-state index in [1.807, 2.05) is 0 Å². The summed E-state index contributed by atoms with van der Waals surface area (Å²) >= 11 is 0. The fourth-order valence-electron chi connectivity index (χ4n) is 0.533. The summed E-state index contributed by atoms with van der Waals surface area (Å²) in [5, 5.41) is 7.47. The summed E-state index contributed by atoms with van der Waals surface area (Å²) in [7, 11) is 1.71. The lowest BCUT2D eigenvalue weighted by Crippen LogP contribution is -1.77. The third-order valence-electron chi connectivity index (χ3n) is 1.00. The first-order chi connectivity index (χ1) is 3.91. The van der Waals surface area contributed by atoms with E-state index >= 15 is 0 Å². The lowest BCUT2D eigenvalue weighted by Gasteiger charge is -1.88. The number of hydrogen-bond acceptors (Lipinski definition) is 2. The number of nitrogens with zero attached hydrogens (tertiary/aromatic N) is 2. The van der Waals surface area contributed by atoms with Crippen molar-refractivity contribution in [2.75, 3.05) is 13.6 Å². The highest BCUT2D eigenvalue weighted by Crippen LogP contribution is 1.92. The molecule has 0 aromatic carbocycles. The van der Waals surface area contributed by atoms with Gasteiger partial charge in [0.15, 0.2) is 0 Å². The number of hydrogen-bond donors (Lipinski definition) is 0. The van der Waals surface area contributed by atoms with Gasteiger partial charge in [0.25, 0.3) is 0 Å². The summed E-state index contributed by atoms with van der Waals surface area (Å²) in [5.74, 6) is 0. The smallest absolute Gasteiger partial charge is 0.0598 e. The zero-order valence-corrected chi connectivity index (χ0v) is 5.72. The summed E-state index contributed by atoms with van der Waals surface area (Å²) in [6, 6.07) is 0. The Labute approximate surface area is 51.0 Å². The molecule has 0 amide bonds. The fourth-order valence-corrected chi connectivity index (χ4v) is 0.533. The molecule has 0 fully saturated rings. The Morgan fingerprint density at radius 2 is 2.00 bits per heavy atom. The molecule has 0 aliphatic rings. The second-order valence-electron chi connectivity index (χ2n) is 1.77. The molecule has 2 nitrogen and oxygen atoms in total. The quantitative estimate of drug-likeness (QED) is 0.395. The molecule has 0 aromatic rings. The predicted molar refractivity (Wildman–Crippen MR) is 35.2 cm³/mol. The molecule has 0 radical (unpaired) electrons. The van der Waals surface area contributed by atoms with Crippen LogP contribution in [0.2, 0.25) is 0 Å². The van der Waals surface area contributed by atoms with E-state index in [4.69, 9.17) is 0 Å². The van der Waals surface area contributed by atoms with E-state index in [0.717, 1.165) is 6.54 Å². The normalized spacial score (nSPS) is 10.8. The second kappa shape index (κ2) is 6.60. The van der Waals surface area contributed by atoms with E-state index in [1.165, 1.54) is 19.3 Å². The molecular formula is C6H14N2. The molecule has 0 saturated heterocycles. The Bertz CT molecular complexity index is 59.5. The van der Waals surface area contributed by atoms with Gasteiger partial charge in [-0.25, -0.2) is 0 Å². The van der Waals surface area contributed by atoms with Crippen LogP contribution in [0.4, 0.5) is 0 Å². The van der Waals surface area contributed by atoms with Crippen molar-refractivity contribution in [1.82, 2.24) is 0 Å². The Morgan fingerprint density at radius 3 is 2.50 bits per heavy atom. The van der Waals surface area contributed by atoms with Gasteiger partial charge in [-0.1, -0.05) is 19.8 Å². The molecule has 0 saturated carbocycles. The molecule has 0 unspecified atom stereocenters. The number of unbranched alkanes of at least 4 members (excludes halogenated alkanes) is 2. The van der Waals surface area contributed by atoms with Crippen LogP contribution in [0.25, 0.3) is 0 Å². The van der Waals surface area contributed by atoms with Crippen molar-refractivity contribution in [2.24, 2.45) is 10.2 Å². The molecule has 0 aliphatic heterocycles. The van der Waals surface area contributed by atoms with E-state index in [2.05, 4.69) is 17.2 Å². The van der Waals surface area contributed by atoms with Crippen LogP contribution < -0.4 is 0 Å². The Hall–Kier alpha value is -0.400. The zero-order valence-electron chi connectivity index (χ0n) is 5.72. The third kappa shape index (κ3) is 5.60. The highest BCUT2D eigenvalue weighted by molar-refractivity contribution is 4.39. The van der Waals surface area contributed by atoms with Gasteiger partial charge in [0, 0.05) is 7.05 Å². The summed E-state index contributed by atoms with van der Waals surface area (Å²) in [6.07, 6.45) is 3.73. The summed E-state index contributed by atoms with van der Waals surface area (Å²) in [6.45, 7) is 3.09. The van der Waals surface area contributed by atoms with Crippen LogP contribution in [-0.2, 0) is 0 Å². The Morgan fingerprint density at radius 1 is 1.25 bits per heavy atom. The van der Waals surface area contributed by atoms with E-state index in [9.17, 15) is 0 Å². The monoisotopic (exact) mass is 114 g/mol. The zero-order chi connectivity index (χ0) is 6.24. The summed E-state index contributed by atoms with van der Waals surface area (Å²) in [5.41, 5.74) is 0. The molecule has 48 valence electrons. The van der Waals surface area contributed by atoms with Gasteiger partial charge in [-0.05, 0) is 6.42 Å². The number of rotatable bonds is 4. The molecule has 0 rings (SSSR count). The lowest BCUT2D eigenvalue weighted by atomic mass is 10.3. The average Bonchev–Trinajstić information content (AvgIpc) is 1.81. The van der Waals surface area contributed by atoms with Crippen LogP contribution in [0.1, 0.15) is 26.2 Å². The maximum absolute atomic E-state index is 3.83. The second-order valence-corrected chi connectivity index (χ2v) is 1.77. The standard InChI is InChI=1S/C6H14N2/c1-3-4-5-6-8-7-2/h3-6H2,1-2H3. The van der Waals surface area contributed by atoms with Crippen molar-refractivity contribution < 1.29 is 0 Å². The maximum atomic E-state index is 3.83. The van der Waals surface area contributed by atoms with Gasteiger partial charge in [-0.2, -0.15) is 10.2 Å². The van der Waals surface area contributed by atoms with Gasteiger partial charge >= 0.3 is 0 Å². The Balaban J connectivity index is 2.72. The third-order valence-corrected chi connectivity index (χ3v) is 1.00. The van der Waals surface area contributed by atoms with E-state index in [-0.39, 0.29) is 0 Å². The van der Waals surface area contributed by atoms with Crippen LogP contribution in [0.15, 0.2) is 10.2 Å². The van der Waals surface area contributed by atoms with Crippen LogP contribution in [0, 0.1) is 0 Å². The fraction of sp³-hybridized carbons (Fsp3) is 1.00. The SMILES string of the molecule is CCCCCN=NC. The van der Waals surface area contributed by atoms with Crippen molar-refractivity contribution in [3.8, 4) is 0 Å². The van der Waals surface area contributed by atoms with Crippen LogP contribution in [0.5, 0.6) is 0 Å². The molecule has 0 spiro atoms. The van der Waals surface area contributed by atoms with E-state index in [1.54, 1.807) is 7.05 Å².